The predicted octanol–water partition coefficient (Wildman–Crippen LogP) is 2.74. The van der Waals surface area contributed by atoms with Crippen molar-refractivity contribution in [3.63, 3.8) is 0 Å². The summed E-state index contributed by atoms with van der Waals surface area (Å²) in [6, 6.07) is 11.7. The largest absolute Gasteiger partial charge is 0.459 e. The van der Waals surface area contributed by atoms with Crippen LogP contribution in [0, 0.1) is 5.82 Å². The molecule has 5 heteroatoms. The highest BCUT2D eigenvalue weighted by Gasteiger charge is 2.24. The molecule has 1 aliphatic carbocycles. The van der Waals surface area contributed by atoms with Crippen LogP contribution in [0.1, 0.15) is 28.4 Å². The average molecular weight is 326 g/mol. The van der Waals surface area contributed by atoms with Crippen molar-refractivity contribution in [2.75, 3.05) is 0 Å². The molecule has 2 aromatic rings. The Morgan fingerprint density at radius 2 is 2.04 bits per heavy atom. The van der Waals surface area contributed by atoms with E-state index in [1.54, 1.807) is 18.2 Å². The lowest BCUT2D eigenvalue weighted by Gasteiger charge is -2.13. The first-order chi connectivity index (χ1) is 11.6. The Balaban J connectivity index is 1.74. The number of benzene rings is 2. The van der Waals surface area contributed by atoms with E-state index in [4.69, 9.17) is 4.74 Å². The molecule has 2 aromatic carbocycles. The van der Waals surface area contributed by atoms with E-state index in [-0.39, 0.29) is 18.6 Å². The third-order valence-corrected chi connectivity index (χ3v) is 3.89. The van der Waals surface area contributed by atoms with E-state index in [0.29, 0.717) is 23.0 Å². The van der Waals surface area contributed by atoms with Gasteiger partial charge in [-0.25, -0.2) is 9.18 Å². The molecule has 3 rings (SSSR count). The Morgan fingerprint density at radius 3 is 2.75 bits per heavy atom. The summed E-state index contributed by atoms with van der Waals surface area (Å²) in [5.74, 6) is -1.40. The van der Waals surface area contributed by atoms with E-state index in [2.05, 4.69) is 0 Å². The number of aliphatic hydroxyl groups is 1. The monoisotopic (exact) mass is 326 g/mol. The Bertz CT molecular complexity index is 812. The summed E-state index contributed by atoms with van der Waals surface area (Å²) in [5.41, 5.74) is 2.25. The first kappa shape index (κ1) is 16.1. The van der Waals surface area contributed by atoms with Crippen LogP contribution in [-0.4, -0.2) is 17.4 Å². The van der Waals surface area contributed by atoms with E-state index >= 15 is 0 Å². The number of carbonyl (C=O) groups is 2. The summed E-state index contributed by atoms with van der Waals surface area (Å²) >= 11 is 0. The number of carbonyl (C=O) groups excluding carboxylic acids is 2. The Labute approximate surface area is 138 Å². The van der Waals surface area contributed by atoms with Crippen LogP contribution in [0.4, 0.5) is 4.39 Å². The van der Waals surface area contributed by atoms with Crippen LogP contribution < -0.4 is 0 Å². The molecule has 4 nitrogen and oxygen atoms in total. The number of aldehydes is 1. The van der Waals surface area contributed by atoms with Gasteiger partial charge in [-0.05, 0) is 46.0 Å². The molecular weight excluding hydrogens is 311 g/mol. The second kappa shape index (κ2) is 6.76. The summed E-state index contributed by atoms with van der Waals surface area (Å²) < 4.78 is 19.2. The number of hydrogen-bond acceptors (Lipinski definition) is 4. The van der Waals surface area contributed by atoms with Crippen LogP contribution in [0.2, 0.25) is 0 Å². The highest BCUT2D eigenvalue weighted by Crippen LogP contribution is 2.30. The SMILES string of the molecule is O=CC1=Cc2cc(C(O)C(=O)OCc3ccccc3)cc(F)c2C1. The second-order valence-electron chi connectivity index (χ2n) is 5.58. The van der Waals surface area contributed by atoms with E-state index in [1.807, 2.05) is 18.2 Å². The van der Waals surface area contributed by atoms with Gasteiger partial charge in [0.1, 0.15) is 18.7 Å². The fraction of sp³-hybridized carbons (Fsp3) is 0.158. The zero-order valence-corrected chi connectivity index (χ0v) is 12.7. The first-order valence-electron chi connectivity index (χ1n) is 7.45. The smallest absolute Gasteiger partial charge is 0.339 e. The molecule has 0 radical (unpaired) electrons. The van der Waals surface area contributed by atoms with Gasteiger partial charge in [-0.1, -0.05) is 30.3 Å². The topological polar surface area (TPSA) is 63.6 Å². The number of hydrogen-bond donors (Lipinski definition) is 1. The van der Waals surface area contributed by atoms with E-state index < -0.39 is 17.9 Å². The highest BCUT2D eigenvalue weighted by molar-refractivity contribution is 5.87. The van der Waals surface area contributed by atoms with Gasteiger partial charge < -0.3 is 9.84 Å². The van der Waals surface area contributed by atoms with Crippen molar-refractivity contribution in [1.29, 1.82) is 0 Å². The van der Waals surface area contributed by atoms with Crippen LogP contribution in [-0.2, 0) is 27.4 Å². The molecule has 0 aromatic heterocycles. The first-order valence-corrected chi connectivity index (χ1v) is 7.45. The predicted molar refractivity (Wildman–Crippen MR) is 85.3 cm³/mol. The number of rotatable bonds is 5. The van der Waals surface area contributed by atoms with Gasteiger partial charge >= 0.3 is 5.97 Å². The molecule has 122 valence electrons. The van der Waals surface area contributed by atoms with E-state index in [1.165, 1.54) is 6.07 Å². The molecule has 24 heavy (non-hydrogen) atoms. The maximum absolute atomic E-state index is 14.1. The van der Waals surface area contributed by atoms with Crippen molar-refractivity contribution in [3.8, 4) is 0 Å². The van der Waals surface area contributed by atoms with Crippen LogP contribution in [0.3, 0.4) is 0 Å². The van der Waals surface area contributed by atoms with Crippen molar-refractivity contribution in [2.24, 2.45) is 0 Å². The number of fused-ring (bicyclic) bond motifs is 1. The van der Waals surface area contributed by atoms with Gasteiger partial charge in [-0.2, -0.15) is 0 Å². The van der Waals surface area contributed by atoms with Gasteiger partial charge in [0, 0.05) is 6.42 Å². The molecule has 1 N–H and O–H groups in total. The lowest BCUT2D eigenvalue weighted by atomic mass is 10.0. The van der Waals surface area contributed by atoms with Crippen LogP contribution in [0.15, 0.2) is 48.0 Å². The average Bonchev–Trinajstić information content (AvgIpc) is 3.03. The van der Waals surface area contributed by atoms with Crippen molar-refractivity contribution in [3.05, 3.63) is 76.1 Å². The number of halogens is 1. The third-order valence-electron chi connectivity index (χ3n) is 3.89. The van der Waals surface area contributed by atoms with Gasteiger partial charge in [0.25, 0.3) is 0 Å². The fourth-order valence-electron chi connectivity index (χ4n) is 2.63. The maximum Gasteiger partial charge on any atom is 0.339 e. The molecule has 0 fully saturated rings. The molecule has 1 unspecified atom stereocenters. The Kier molecular flexibility index (Phi) is 4.53. The molecule has 0 amide bonds. The summed E-state index contributed by atoms with van der Waals surface area (Å²) in [6.07, 6.45) is 0.863. The maximum atomic E-state index is 14.1. The Morgan fingerprint density at radius 1 is 1.29 bits per heavy atom. The normalized spacial score (nSPS) is 13.8. The molecule has 1 aliphatic rings. The van der Waals surface area contributed by atoms with Crippen molar-refractivity contribution in [1.82, 2.24) is 0 Å². The Hall–Kier alpha value is -2.79. The van der Waals surface area contributed by atoms with Gasteiger partial charge in [0.2, 0.25) is 0 Å². The zero-order valence-electron chi connectivity index (χ0n) is 12.7. The summed E-state index contributed by atoms with van der Waals surface area (Å²) in [4.78, 5) is 22.8. The van der Waals surface area contributed by atoms with Crippen LogP contribution in [0.5, 0.6) is 0 Å². The molecule has 0 heterocycles. The molecule has 0 spiro atoms. The number of allylic oxidation sites excluding steroid dienone is 1. The molecular formula is C19H15FO4. The van der Waals surface area contributed by atoms with Crippen molar-refractivity contribution >= 4 is 18.3 Å². The number of esters is 1. The van der Waals surface area contributed by atoms with Crippen molar-refractivity contribution < 1.29 is 23.8 Å². The molecule has 0 bridgehead atoms. The van der Waals surface area contributed by atoms with E-state index in [9.17, 15) is 19.1 Å². The van der Waals surface area contributed by atoms with Crippen LogP contribution in [0.25, 0.3) is 6.08 Å². The third kappa shape index (κ3) is 3.26. The second-order valence-corrected chi connectivity index (χ2v) is 5.58. The van der Waals surface area contributed by atoms with Crippen LogP contribution >= 0.6 is 0 Å². The van der Waals surface area contributed by atoms with Gasteiger partial charge in [0.15, 0.2) is 6.10 Å². The van der Waals surface area contributed by atoms with E-state index in [0.717, 1.165) is 11.6 Å². The fourth-order valence-corrected chi connectivity index (χ4v) is 2.63. The molecule has 0 saturated heterocycles. The quantitative estimate of drug-likeness (QED) is 0.678. The minimum Gasteiger partial charge on any atom is -0.459 e. The highest BCUT2D eigenvalue weighted by atomic mass is 19.1. The lowest BCUT2D eigenvalue weighted by molar-refractivity contribution is -0.155. The number of ether oxygens (including phenoxy) is 1. The minimum atomic E-state index is -1.58. The minimum absolute atomic E-state index is 0.0271. The lowest BCUT2D eigenvalue weighted by Crippen LogP contribution is -2.16. The summed E-state index contributed by atoms with van der Waals surface area (Å²) in [7, 11) is 0. The van der Waals surface area contributed by atoms with Gasteiger partial charge in [0.05, 0.1) is 0 Å². The molecule has 0 saturated carbocycles. The number of aliphatic hydroxyl groups excluding tert-OH is 1. The molecule has 0 aliphatic heterocycles. The van der Waals surface area contributed by atoms with Crippen molar-refractivity contribution in [2.45, 2.75) is 19.1 Å². The molecule has 1 atom stereocenters. The zero-order chi connectivity index (χ0) is 17.1. The van der Waals surface area contributed by atoms with Gasteiger partial charge in [-0.15, -0.1) is 0 Å². The van der Waals surface area contributed by atoms with Gasteiger partial charge in [-0.3, -0.25) is 4.79 Å². The standard InChI is InChI=1S/C19H15FO4/c20-17-9-15(8-14-6-13(10-21)7-16(14)17)18(22)19(23)24-11-12-4-2-1-3-5-12/h1-6,8-10,18,22H,7,11H2. The summed E-state index contributed by atoms with van der Waals surface area (Å²) in [6.45, 7) is 0.0271. The summed E-state index contributed by atoms with van der Waals surface area (Å²) in [5, 5.41) is 10.1.